The van der Waals surface area contributed by atoms with Gasteiger partial charge in [0, 0.05) is 29.8 Å². The van der Waals surface area contributed by atoms with Crippen LogP contribution >= 0.6 is 12.4 Å². The number of halogens is 4. The molecule has 1 aliphatic heterocycles. The predicted molar refractivity (Wildman–Crippen MR) is 144 cm³/mol. The zero-order valence-electron chi connectivity index (χ0n) is 21.3. The fourth-order valence-corrected chi connectivity index (χ4v) is 4.93. The average Bonchev–Trinajstić information content (AvgIpc) is 2.91. The van der Waals surface area contributed by atoms with Crippen LogP contribution in [0.15, 0.2) is 48.7 Å². The van der Waals surface area contributed by atoms with E-state index in [1.165, 1.54) is 6.07 Å². The first-order valence-corrected chi connectivity index (χ1v) is 12.6. The molecule has 2 heterocycles. The number of amides is 2. The first-order chi connectivity index (χ1) is 18.6. The van der Waals surface area contributed by atoms with Gasteiger partial charge in [-0.15, -0.1) is 12.4 Å². The Kier molecular flexibility index (Phi) is 8.67. The fraction of sp³-hybridized carbons (Fsp3) is 0.321. The Morgan fingerprint density at radius 2 is 1.95 bits per heavy atom. The van der Waals surface area contributed by atoms with E-state index in [2.05, 4.69) is 15.6 Å². The van der Waals surface area contributed by atoms with Gasteiger partial charge in [0.05, 0.1) is 18.2 Å². The van der Waals surface area contributed by atoms with E-state index >= 15 is 0 Å². The van der Waals surface area contributed by atoms with Gasteiger partial charge in [-0.05, 0) is 78.8 Å². The van der Waals surface area contributed by atoms with Gasteiger partial charge < -0.3 is 26.2 Å². The minimum Gasteiger partial charge on any atom is -0.457 e. The number of aryl methyl sites for hydroxylation is 1. The summed E-state index contributed by atoms with van der Waals surface area (Å²) in [5, 5.41) is 14.9. The number of fused-ring (bicyclic) bond motifs is 2. The maximum absolute atomic E-state index is 13.4. The number of anilines is 1. The SMILES string of the molecule is Cl.N[C@H](CO)c1cc(C(=O)N[C@@H]2CCc3ccc(Oc4ccnc5c4CCC(=O)N5)cc3C2)cc(C(F)(F)F)c1. The second kappa shape index (κ2) is 11.8. The Morgan fingerprint density at radius 3 is 2.70 bits per heavy atom. The number of ether oxygens (including phenoxy) is 1. The third-order valence-corrected chi connectivity index (χ3v) is 7.01. The molecule has 2 aliphatic rings. The van der Waals surface area contributed by atoms with E-state index in [-0.39, 0.29) is 35.5 Å². The molecule has 2 atom stereocenters. The van der Waals surface area contributed by atoms with E-state index in [4.69, 9.17) is 10.5 Å². The molecule has 5 N–H and O–H groups in total. The molecule has 0 fully saturated rings. The number of aliphatic hydroxyl groups is 1. The Hall–Kier alpha value is -3.67. The molecule has 0 unspecified atom stereocenters. The molecule has 212 valence electrons. The molecule has 40 heavy (non-hydrogen) atoms. The van der Waals surface area contributed by atoms with Gasteiger partial charge in [-0.25, -0.2) is 4.98 Å². The number of aromatic nitrogens is 1. The van der Waals surface area contributed by atoms with Crippen molar-refractivity contribution in [3.8, 4) is 11.5 Å². The van der Waals surface area contributed by atoms with Crippen LogP contribution in [0.2, 0.25) is 0 Å². The van der Waals surface area contributed by atoms with Crippen molar-refractivity contribution in [1.82, 2.24) is 10.3 Å². The molecule has 2 amide bonds. The maximum atomic E-state index is 13.4. The second-order valence-corrected chi connectivity index (χ2v) is 9.76. The van der Waals surface area contributed by atoms with E-state index in [1.807, 2.05) is 18.2 Å². The molecule has 0 radical (unpaired) electrons. The van der Waals surface area contributed by atoms with Crippen LogP contribution in [-0.2, 0) is 30.2 Å². The van der Waals surface area contributed by atoms with Gasteiger partial charge in [0.2, 0.25) is 5.91 Å². The number of alkyl halides is 3. The highest BCUT2D eigenvalue weighted by Crippen LogP contribution is 2.35. The zero-order chi connectivity index (χ0) is 27.7. The summed E-state index contributed by atoms with van der Waals surface area (Å²) in [4.78, 5) is 28.9. The third-order valence-electron chi connectivity index (χ3n) is 7.01. The number of carbonyl (C=O) groups is 2. The maximum Gasteiger partial charge on any atom is 0.416 e. The van der Waals surface area contributed by atoms with Gasteiger partial charge in [0.25, 0.3) is 5.91 Å². The molecule has 0 bridgehead atoms. The largest absolute Gasteiger partial charge is 0.457 e. The molecule has 1 aliphatic carbocycles. The van der Waals surface area contributed by atoms with E-state index < -0.39 is 30.3 Å². The summed E-state index contributed by atoms with van der Waals surface area (Å²) in [6, 6.07) is 9.05. The van der Waals surface area contributed by atoms with Gasteiger partial charge in [-0.3, -0.25) is 9.59 Å². The number of rotatable bonds is 6. The highest BCUT2D eigenvalue weighted by Gasteiger charge is 2.33. The lowest BCUT2D eigenvalue weighted by Gasteiger charge is -2.26. The summed E-state index contributed by atoms with van der Waals surface area (Å²) in [6.45, 7) is -0.552. The lowest BCUT2D eigenvalue weighted by atomic mass is 9.88. The normalized spacial score (nSPS) is 17.0. The van der Waals surface area contributed by atoms with Gasteiger partial charge in [-0.2, -0.15) is 13.2 Å². The van der Waals surface area contributed by atoms with Crippen molar-refractivity contribution >= 4 is 30.0 Å². The Morgan fingerprint density at radius 1 is 1.15 bits per heavy atom. The lowest BCUT2D eigenvalue weighted by molar-refractivity contribution is -0.137. The number of nitrogens with one attached hydrogen (secondary N) is 2. The smallest absolute Gasteiger partial charge is 0.416 e. The summed E-state index contributed by atoms with van der Waals surface area (Å²) >= 11 is 0. The Bertz CT molecular complexity index is 1430. The van der Waals surface area contributed by atoms with Crippen LogP contribution < -0.4 is 21.1 Å². The van der Waals surface area contributed by atoms with Crippen LogP contribution in [0.25, 0.3) is 0 Å². The number of nitrogens with two attached hydrogens (primary N) is 1. The van der Waals surface area contributed by atoms with Gasteiger partial charge in [0.15, 0.2) is 0 Å². The summed E-state index contributed by atoms with van der Waals surface area (Å²) in [5.74, 6) is 0.946. The van der Waals surface area contributed by atoms with Crippen molar-refractivity contribution < 1.29 is 32.6 Å². The number of hydrogen-bond acceptors (Lipinski definition) is 6. The van der Waals surface area contributed by atoms with Crippen molar-refractivity contribution in [2.75, 3.05) is 11.9 Å². The zero-order valence-corrected chi connectivity index (χ0v) is 22.1. The Labute approximate surface area is 234 Å². The summed E-state index contributed by atoms with van der Waals surface area (Å²) in [5.41, 5.74) is 7.50. The topological polar surface area (TPSA) is 127 Å². The molecule has 1 aromatic heterocycles. The number of hydrogen-bond donors (Lipinski definition) is 4. The molecule has 0 spiro atoms. The first-order valence-electron chi connectivity index (χ1n) is 12.6. The fourth-order valence-electron chi connectivity index (χ4n) is 4.93. The second-order valence-electron chi connectivity index (χ2n) is 9.76. The molecule has 0 saturated heterocycles. The van der Waals surface area contributed by atoms with Crippen molar-refractivity contribution in [1.29, 1.82) is 0 Å². The number of nitrogens with zero attached hydrogens (tertiary/aromatic N) is 1. The highest BCUT2D eigenvalue weighted by molar-refractivity contribution is 5.95. The van der Waals surface area contributed by atoms with Gasteiger partial charge in [0.1, 0.15) is 17.3 Å². The van der Waals surface area contributed by atoms with Crippen LogP contribution in [0.3, 0.4) is 0 Å². The van der Waals surface area contributed by atoms with E-state index in [0.717, 1.165) is 28.8 Å². The molecule has 3 aromatic rings. The van der Waals surface area contributed by atoms with Crippen molar-refractivity contribution in [2.45, 2.75) is 50.4 Å². The molecule has 12 heteroatoms. The van der Waals surface area contributed by atoms with Crippen LogP contribution in [0.5, 0.6) is 11.5 Å². The van der Waals surface area contributed by atoms with Crippen LogP contribution in [0, 0.1) is 0 Å². The third kappa shape index (κ3) is 6.38. The number of aliphatic hydroxyl groups excluding tert-OH is 1. The van der Waals surface area contributed by atoms with Gasteiger partial charge in [-0.1, -0.05) is 6.07 Å². The van der Waals surface area contributed by atoms with E-state index in [9.17, 15) is 27.9 Å². The van der Waals surface area contributed by atoms with Crippen LogP contribution in [0.4, 0.5) is 19.0 Å². The molecular weight excluding hydrogens is 549 g/mol. The predicted octanol–water partition coefficient (Wildman–Crippen LogP) is 4.48. The number of pyridine rings is 1. The summed E-state index contributed by atoms with van der Waals surface area (Å²) < 4.78 is 46.5. The van der Waals surface area contributed by atoms with Crippen LogP contribution in [0.1, 0.15) is 57.1 Å². The monoisotopic (exact) mass is 576 g/mol. The van der Waals surface area contributed by atoms with Gasteiger partial charge >= 0.3 is 6.18 Å². The molecule has 2 aromatic carbocycles. The number of carbonyl (C=O) groups excluding carboxylic acids is 2. The average molecular weight is 577 g/mol. The van der Waals surface area contributed by atoms with E-state index in [1.54, 1.807) is 12.3 Å². The highest BCUT2D eigenvalue weighted by atomic mass is 35.5. The minimum atomic E-state index is -4.67. The quantitative estimate of drug-likeness (QED) is 0.343. The molecule has 5 rings (SSSR count). The Balaban J connectivity index is 0.00000370. The summed E-state index contributed by atoms with van der Waals surface area (Å²) in [6.07, 6.45) is -0.454. The summed E-state index contributed by atoms with van der Waals surface area (Å²) in [7, 11) is 0. The molecular formula is C28H28ClF3N4O4. The standard InChI is InChI=1S/C28H27F3N4O4.ClH/c29-28(30,31)19-10-17(23(32)14-36)9-18(11-19)27(38)34-20-3-1-15-2-4-21(13-16(15)12-20)39-24-7-8-33-26-22(24)5-6-25(37)35-26;/h2,4,7-11,13,20,23,36H,1,3,5-6,12,14,32H2,(H,34,38)(H,33,35,37);1H/t20-,23-;/m1./s1. The molecule has 8 nitrogen and oxygen atoms in total. The number of benzene rings is 2. The lowest BCUT2D eigenvalue weighted by Crippen LogP contribution is -2.39. The first kappa shape index (κ1) is 29.3. The van der Waals surface area contributed by atoms with Crippen molar-refractivity contribution in [3.63, 3.8) is 0 Å². The van der Waals surface area contributed by atoms with Crippen LogP contribution in [-0.4, -0.2) is 34.6 Å². The minimum absolute atomic E-state index is 0. The van der Waals surface area contributed by atoms with E-state index in [0.29, 0.717) is 49.4 Å². The van der Waals surface area contributed by atoms with Crippen molar-refractivity contribution in [2.24, 2.45) is 5.73 Å². The van der Waals surface area contributed by atoms with Crippen molar-refractivity contribution in [3.05, 3.63) is 82.0 Å². The molecule has 0 saturated carbocycles.